The summed E-state index contributed by atoms with van der Waals surface area (Å²) in [6.45, 7) is 2.09. The number of hydrogen-bond donors (Lipinski definition) is 1. The van der Waals surface area contributed by atoms with E-state index in [2.05, 4.69) is 28.3 Å². The van der Waals surface area contributed by atoms with Crippen LogP contribution in [0.2, 0.25) is 0 Å². The highest BCUT2D eigenvalue weighted by Crippen LogP contribution is 2.21. The molecular weight excluding hydrogens is 214 g/mol. The second-order valence-corrected chi connectivity index (χ2v) is 4.12. The summed E-state index contributed by atoms with van der Waals surface area (Å²) >= 11 is 0. The maximum Gasteiger partial charge on any atom is 0.133 e. The second kappa shape index (κ2) is 3.62. The van der Waals surface area contributed by atoms with E-state index >= 15 is 0 Å². The first-order valence-electron chi connectivity index (χ1n) is 5.42. The molecule has 0 saturated carbocycles. The fourth-order valence-electron chi connectivity index (χ4n) is 1.91. The average Bonchev–Trinajstić information content (AvgIpc) is 3.03. The summed E-state index contributed by atoms with van der Waals surface area (Å²) in [6.07, 6.45) is 17.1. The van der Waals surface area contributed by atoms with Crippen LogP contribution in [-0.4, -0.2) is 19.1 Å². The van der Waals surface area contributed by atoms with Crippen molar-refractivity contribution in [1.29, 1.82) is 0 Å². The Balaban J connectivity index is 1.94. The Morgan fingerprint density at radius 1 is 1.18 bits per heavy atom. The summed E-state index contributed by atoms with van der Waals surface area (Å²) in [4.78, 5) is 8.13. The molecule has 0 aliphatic carbocycles. The van der Waals surface area contributed by atoms with E-state index in [9.17, 15) is 0 Å². The zero-order valence-corrected chi connectivity index (χ0v) is 9.49. The number of nitrogens with zero attached hydrogens (tertiary/aromatic N) is 4. The van der Waals surface area contributed by atoms with Crippen LogP contribution in [0.5, 0.6) is 0 Å². The molecule has 0 spiro atoms. The van der Waals surface area contributed by atoms with Crippen molar-refractivity contribution < 1.29 is 0 Å². The van der Waals surface area contributed by atoms with Gasteiger partial charge in [0, 0.05) is 24.8 Å². The zero-order valence-electron chi connectivity index (χ0n) is 9.49. The molecule has 2 aromatic heterocycles. The van der Waals surface area contributed by atoms with E-state index in [0.717, 1.165) is 5.82 Å². The first kappa shape index (κ1) is 9.89. The maximum atomic E-state index is 4.08. The van der Waals surface area contributed by atoms with Gasteiger partial charge in [0.15, 0.2) is 0 Å². The van der Waals surface area contributed by atoms with Crippen LogP contribution in [0, 0.1) is 0 Å². The monoisotopic (exact) mass is 227 g/mol. The number of nitrogens with one attached hydrogen (secondary N) is 1. The molecule has 5 heteroatoms. The Hall–Kier alpha value is -2.30. The fraction of sp³-hybridized carbons (Fsp3) is 0.167. The second-order valence-electron chi connectivity index (χ2n) is 4.12. The number of dihydropyridines is 1. The molecule has 0 aromatic carbocycles. The summed E-state index contributed by atoms with van der Waals surface area (Å²) in [6, 6.07) is 0. The summed E-state index contributed by atoms with van der Waals surface area (Å²) in [7, 11) is 0. The van der Waals surface area contributed by atoms with Crippen molar-refractivity contribution in [1.82, 2.24) is 24.4 Å². The zero-order chi connectivity index (χ0) is 11.7. The van der Waals surface area contributed by atoms with Crippen molar-refractivity contribution in [2.24, 2.45) is 0 Å². The Labute approximate surface area is 99.1 Å². The molecule has 86 valence electrons. The minimum Gasteiger partial charge on any atom is -0.345 e. The fourth-order valence-corrected chi connectivity index (χ4v) is 1.91. The quantitative estimate of drug-likeness (QED) is 0.843. The molecular formula is C12H13N5. The smallest absolute Gasteiger partial charge is 0.133 e. The number of aromatic nitrogens is 4. The van der Waals surface area contributed by atoms with E-state index < -0.39 is 0 Å². The van der Waals surface area contributed by atoms with Gasteiger partial charge in [-0.1, -0.05) is 6.08 Å². The van der Waals surface area contributed by atoms with Crippen LogP contribution in [0.25, 0.3) is 5.82 Å². The lowest BCUT2D eigenvalue weighted by atomic mass is 10.1. The largest absolute Gasteiger partial charge is 0.345 e. The van der Waals surface area contributed by atoms with E-state index in [1.165, 1.54) is 0 Å². The first-order chi connectivity index (χ1) is 8.28. The molecule has 1 aliphatic heterocycles. The van der Waals surface area contributed by atoms with Crippen LogP contribution in [0.3, 0.4) is 0 Å². The van der Waals surface area contributed by atoms with E-state index in [1.807, 2.05) is 33.7 Å². The standard InChI is InChI=1S/C12H13N5/c1-12(17-8-6-14-10-17)4-2-3-11(15-12)16-7-5-13-9-16/h2-10,15H,1H3. The molecule has 5 nitrogen and oxygen atoms in total. The van der Waals surface area contributed by atoms with E-state index in [0.29, 0.717) is 0 Å². The van der Waals surface area contributed by atoms with Gasteiger partial charge in [0.05, 0.1) is 6.33 Å². The van der Waals surface area contributed by atoms with Gasteiger partial charge in [-0.25, -0.2) is 9.97 Å². The van der Waals surface area contributed by atoms with Gasteiger partial charge < -0.3 is 9.88 Å². The van der Waals surface area contributed by atoms with Gasteiger partial charge in [0.2, 0.25) is 0 Å². The molecule has 1 atom stereocenters. The third kappa shape index (κ3) is 1.65. The van der Waals surface area contributed by atoms with E-state index in [-0.39, 0.29) is 5.66 Å². The molecule has 1 N–H and O–H groups in total. The number of imidazole rings is 2. The lowest BCUT2D eigenvalue weighted by Gasteiger charge is -2.33. The topological polar surface area (TPSA) is 47.7 Å². The van der Waals surface area contributed by atoms with E-state index in [4.69, 9.17) is 0 Å². The first-order valence-corrected chi connectivity index (χ1v) is 5.42. The molecule has 2 aromatic rings. The van der Waals surface area contributed by atoms with Gasteiger partial charge >= 0.3 is 0 Å². The van der Waals surface area contributed by atoms with Crippen LogP contribution in [0.1, 0.15) is 6.92 Å². The highest BCUT2D eigenvalue weighted by atomic mass is 15.3. The summed E-state index contributed by atoms with van der Waals surface area (Å²) in [5, 5.41) is 3.45. The van der Waals surface area contributed by atoms with Crippen LogP contribution in [0.4, 0.5) is 0 Å². The summed E-state index contributed by atoms with van der Waals surface area (Å²) in [5.41, 5.74) is -0.301. The molecule has 0 amide bonds. The van der Waals surface area contributed by atoms with Gasteiger partial charge in [-0.05, 0) is 19.1 Å². The third-order valence-electron chi connectivity index (χ3n) is 2.88. The summed E-state index contributed by atoms with van der Waals surface area (Å²) < 4.78 is 3.96. The Kier molecular flexibility index (Phi) is 2.11. The summed E-state index contributed by atoms with van der Waals surface area (Å²) in [5.74, 6) is 0.987. The van der Waals surface area contributed by atoms with Crippen LogP contribution < -0.4 is 5.32 Å². The SMILES string of the molecule is CC1(n2ccnc2)C=CC=C(n2ccnc2)N1. The number of rotatable bonds is 2. The minimum atomic E-state index is -0.301. The predicted octanol–water partition coefficient (Wildman–Crippen LogP) is 1.41. The molecule has 1 unspecified atom stereocenters. The molecule has 0 bridgehead atoms. The Morgan fingerprint density at radius 2 is 2.00 bits per heavy atom. The normalized spacial score (nSPS) is 23.2. The van der Waals surface area contributed by atoms with Crippen LogP contribution in [0.15, 0.2) is 55.7 Å². The Bertz CT molecular complexity index is 550. The highest BCUT2D eigenvalue weighted by Gasteiger charge is 2.25. The average molecular weight is 227 g/mol. The molecule has 3 rings (SSSR count). The number of allylic oxidation sites excluding steroid dienone is 2. The Morgan fingerprint density at radius 3 is 2.71 bits per heavy atom. The molecule has 0 fully saturated rings. The van der Waals surface area contributed by atoms with Crippen molar-refractivity contribution in [2.75, 3.05) is 0 Å². The molecule has 0 radical (unpaired) electrons. The van der Waals surface area contributed by atoms with Crippen molar-refractivity contribution in [3.63, 3.8) is 0 Å². The van der Waals surface area contributed by atoms with Gasteiger partial charge in [0.1, 0.15) is 17.8 Å². The number of hydrogen-bond acceptors (Lipinski definition) is 3. The lowest BCUT2D eigenvalue weighted by molar-refractivity contribution is 0.360. The lowest BCUT2D eigenvalue weighted by Crippen LogP contribution is -2.43. The molecule has 17 heavy (non-hydrogen) atoms. The highest BCUT2D eigenvalue weighted by molar-refractivity contribution is 5.50. The van der Waals surface area contributed by atoms with Gasteiger partial charge in [-0.15, -0.1) is 0 Å². The van der Waals surface area contributed by atoms with E-state index in [1.54, 1.807) is 25.0 Å². The van der Waals surface area contributed by atoms with Crippen molar-refractivity contribution in [2.45, 2.75) is 12.6 Å². The van der Waals surface area contributed by atoms with Gasteiger partial charge in [-0.2, -0.15) is 0 Å². The van der Waals surface area contributed by atoms with Crippen molar-refractivity contribution in [3.8, 4) is 0 Å². The van der Waals surface area contributed by atoms with Crippen LogP contribution in [-0.2, 0) is 5.66 Å². The molecule has 0 saturated heterocycles. The molecule has 1 aliphatic rings. The van der Waals surface area contributed by atoms with Crippen molar-refractivity contribution in [3.05, 3.63) is 55.7 Å². The maximum absolute atomic E-state index is 4.08. The van der Waals surface area contributed by atoms with Crippen molar-refractivity contribution >= 4 is 5.82 Å². The third-order valence-corrected chi connectivity index (χ3v) is 2.88. The molecule has 3 heterocycles. The van der Waals surface area contributed by atoms with Crippen LogP contribution >= 0.6 is 0 Å². The minimum absolute atomic E-state index is 0.301. The van der Waals surface area contributed by atoms with Gasteiger partial charge in [0.25, 0.3) is 0 Å². The predicted molar refractivity (Wildman–Crippen MR) is 64.7 cm³/mol. The van der Waals surface area contributed by atoms with Gasteiger partial charge in [-0.3, -0.25) is 4.57 Å².